The highest BCUT2D eigenvalue weighted by atomic mass is 16.3. The Labute approximate surface area is 504 Å². The van der Waals surface area contributed by atoms with Crippen molar-refractivity contribution in [2.24, 2.45) is 0 Å². The highest BCUT2D eigenvalue weighted by Gasteiger charge is 2.20. The second-order valence-corrected chi connectivity index (χ2v) is 22.8. The monoisotopic (exact) mass is 1110 g/mol. The van der Waals surface area contributed by atoms with Crippen molar-refractivity contribution in [2.45, 2.75) is 0 Å². The molecular weight excluding hydrogens is 1050 g/mol. The number of benzene rings is 15. The summed E-state index contributed by atoms with van der Waals surface area (Å²) in [5.41, 5.74) is 22.4. The molecule has 0 atom stereocenters. The van der Waals surface area contributed by atoms with E-state index in [0.29, 0.717) is 0 Å². The zero-order valence-corrected chi connectivity index (χ0v) is 47.5. The zero-order valence-electron chi connectivity index (χ0n) is 47.5. The fourth-order valence-electron chi connectivity index (χ4n) is 13.5. The van der Waals surface area contributed by atoms with Gasteiger partial charge in [-0.05, 0) is 178 Å². The molecule has 3 nitrogen and oxygen atoms in total. The number of hydrogen-bond acceptors (Lipinski definition) is 2. The van der Waals surface area contributed by atoms with E-state index in [4.69, 9.17) is 4.42 Å². The van der Waals surface area contributed by atoms with Crippen LogP contribution in [0.2, 0.25) is 0 Å². The fourth-order valence-corrected chi connectivity index (χ4v) is 13.5. The third-order valence-electron chi connectivity index (χ3n) is 17.8. The third kappa shape index (κ3) is 8.67. The van der Waals surface area contributed by atoms with Gasteiger partial charge in [-0.25, -0.2) is 0 Å². The standard InChI is InChI=1S/C84H54N2O/c1-3-15-55(16-4-1)57-29-31-59(32-30-57)63-40-49-81-79(53-63)80-54-64(41-50-82(80)86(81)69-20-13-19-62(51-69)65-39-48-75-73-23-8-7-21-71(73)72-22-9-10-24-74(72)78(75)52-65)60-35-44-67(45-36-60)85(66-42-33-58(34-43-66)56-17-5-2-6-18-56)68-46-37-61(38-47-68)70-26-14-27-77-76-25-11-12-28-83(76)87-84(70)77/h1-54H. The average Bonchev–Trinajstić information content (AvgIpc) is 2.69. The van der Waals surface area contributed by atoms with E-state index in [9.17, 15) is 0 Å². The SMILES string of the molecule is c1ccc(-c2ccc(-c3ccc4c(c3)c3cc(-c5ccc(N(c6ccc(-c7ccccc7)cc6)c6ccc(-c7cccc8c7oc7ccccc78)cc6)cc5)ccc3n4-c3cccc(-c4ccc5c6ccccc6c6ccccc6c5c4)c3)cc2)cc1. The molecule has 0 amide bonds. The number of furan rings is 1. The zero-order chi connectivity index (χ0) is 57.4. The first-order valence-electron chi connectivity index (χ1n) is 29.9. The lowest BCUT2D eigenvalue weighted by Crippen LogP contribution is -2.09. The Balaban J connectivity index is 0.768. The van der Waals surface area contributed by atoms with E-state index in [1.54, 1.807) is 0 Å². The van der Waals surface area contributed by atoms with Gasteiger partial charge in [0.05, 0.1) is 11.0 Å². The molecule has 15 aromatic carbocycles. The molecule has 0 saturated carbocycles. The Morgan fingerprint density at radius 3 is 1.13 bits per heavy atom. The quantitative estimate of drug-likeness (QED) is 0.127. The summed E-state index contributed by atoms with van der Waals surface area (Å²) in [6, 6.07) is 120. The van der Waals surface area contributed by atoms with E-state index >= 15 is 0 Å². The molecule has 0 spiro atoms. The van der Waals surface area contributed by atoms with Crippen molar-refractivity contribution in [3.63, 3.8) is 0 Å². The van der Waals surface area contributed by atoms with Crippen LogP contribution in [-0.2, 0) is 0 Å². The van der Waals surface area contributed by atoms with Crippen LogP contribution in [0.25, 0.3) is 149 Å². The number of aromatic nitrogens is 1. The molecule has 0 radical (unpaired) electrons. The largest absolute Gasteiger partial charge is 0.455 e. The second kappa shape index (κ2) is 20.7. The van der Waals surface area contributed by atoms with E-state index in [2.05, 4.69) is 325 Å². The first kappa shape index (κ1) is 50.0. The van der Waals surface area contributed by atoms with Crippen LogP contribution in [0.4, 0.5) is 17.1 Å². The molecule has 3 heteroatoms. The molecule has 0 bridgehead atoms. The molecule has 0 N–H and O–H groups in total. The molecule has 0 saturated heterocycles. The minimum atomic E-state index is 0.897. The molecule has 406 valence electrons. The maximum absolute atomic E-state index is 6.49. The van der Waals surface area contributed by atoms with Gasteiger partial charge in [-0.1, -0.05) is 243 Å². The maximum atomic E-state index is 6.49. The van der Waals surface area contributed by atoms with Crippen LogP contribution in [0.3, 0.4) is 0 Å². The topological polar surface area (TPSA) is 21.3 Å². The van der Waals surface area contributed by atoms with Crippen LogP contribution in [0, 0.1) is 0 Å². The van der Waals surface area contributed by atoms with Gasteiger partial charge >= 0.3 is 0 Å². The Hall–Kier alpha value is -11.5. The van der Waals surface area contributed by atoms with Crippen LogP contribution >= 0.6 is 0 Å². The van der Waals surface area contributed by atoms with Gasteiger partial charge in [-0.3, -0.25) is 0 Å². The van der Waals surface area contributed by atoms with Crippen molar-refractivity contribution >= 4 is 93.1 Å². The minimum Gasteiger partial charge on any atom is -0.455 e. The van der Waals surface area contributed by atoms with Crippen LogP contribution in [0.1, 0.15) is 0 Å². The molecule has 2 heterocycles. The summed E-state index contributed by atoms with van der Waals surface area (Å²) >= 11 is 0. The van der Waals surface area contributed by atoms with Gasteiger partial charge in [-0.2, -0.15) is 0 Å². The Morgan fingerprint density at radius 1 is 0.218 bits per heavy atom. The van der Waals surface area contributed by atoms with Crippen LogP contribution in [-0.4, -0.2) is 4.57 Å². The second-order valence-electron chi connectivity index (χ2n) is 22.8. The first-order valence-corrected chi connectivity index (χ1v) is 29.9. The molecular formula is C84H54N2O. The van der Waals surface area contributed by atoms with Crippen LogP contribution in [0.15, 0.2) is 332 Å². The van der Waals surface area contributed by atoms with E-state index < -0.39 is 0 Å². The third-order valence-corrected chi connectivity index (χ3v) is 17.8. The van der Waals surface area contributed by atoms with Crippen molar-refractivity contribution in [1.29, 1.82) is 0 Å². The van der Waals surface area contributed by atoms with Crippen molar-refractivity contribution in [1.82, 2.24) is 4.57 Å². The van der Waals surface area contributed by atoms with Crippen LogP contribution < -0.4 is 4.90 Å². The summed E-state index contributed by atoms with van der Waals surface area (Å²) in [6.45, 7) is 0. The smallest absolute Gasteiger partial charge is 0.143 e. The number of fused-ring (bicyclic) bond motifs is 12. The minimum absolute atomic E-state index is 0.897. The van der Waals surface area contributed by atoms with Gasteiger partial charge in [-0.15, -0.1) is 0 Å². The van der Waals surface area contributed by atoms with E-state index in [-0.39, 0.29) is 0 Å². The number of rotatable bonds is 10. The number of anilines is 3. The maximum Gasteiger partial charge on any atom is 0.143 e. The molecule has 87 heavy (non-hydrogen) atoms. The highest BCUT2D eigenvalue weighted by molar-refractivity contribution is 6.26. The summed E-state index contributed by atoms with van der Waals surface area (Å²) < 4.78 is 8.95. The normalized spacial score (nSPS) is 11.7. The lowest BCUT2D eigenvalue weighted by Gasteiger charge is -2.26. The number of nitrogens with zero attached hydrogens (tertiary/aromatic N) is 2. The van der Waals surface area contributed by atoms with Gasteiger partial charge in [0, 0.05) is 49.9 Å². The van der Waals surface area contributed by atoms with E-state index in [1.165, 1.54) is 87.6 Å². The van der Waals surface area contributed by atoms with Crippen molar-refractivity contribution < 1.29 is 4.42 Å². The summed E-state index contributed by atoms with van der Waals surface area (Å²) in [5.74, 6) is 0. The summed E-state index contributed by atoms with van der Waals surface area (Å²) in [6.07, 6.45) is 0. The summed E-state index contributed by atoms with van der Waals surface area (Å²) in [5, 5.41) is 12.3. The molecule has 0 aliphatic heterocycles. The van der Waals surface area contributed by atoms with E-state index in [1.807, 2.05) is 12.1 Å². The fraction of sp³-hybridized carbons (Fsp3) is 0. The van der Waals surface area contributed by atoms with Gasteiger partial charge in [0.2, 0.25) is 0 Å². The molecule has 0 aliphatic rings. The van der Waals surface area contributed by atoms with E-state index in [0.717, 1.165) is 78.0 Å². The van der Waals surface area contributed by atoms with Gasteiger partial charge in [0.1, 0.15) is 11.2 Å². The summed E-state index contributed by atoms with van der Waals surface area (Å²) in [7, 11) is 0. The van der Waals surface area contributed by atoms with Crippen molar-refractivity contribution in [3.8, 4) is 72.4 Å². The molecule has 17 rings (SSSR count). The van der Waals surface area contributed by atoms with Gasteiger partial charge in [0.25, 0.3) is 0 Å². The Kier molecular flexibility index (Phi) is 11.9. The predicted octanol–water partition coefficient (Wildman–Crippen LogP) is 23.6. The highest BCUT2D eigenvalue weighted by Crippen LogP contribution is 2.44. The van der Waals surface area contributed by atoms with Crippen LogP contribution in [0.5, 0.6) is 0 Å². The molecule has 0 unspecified atom stereocenters. The molecule has 0 fully saturated rings. The van der Waals surface area contributed by atoms with Crippen molar-refractivity contribution in [2.75, 3.05) is 4.90 Å². The summed E-state index contributed by atoms with van der Waals surface area (Å²) in [4.78, 5) is 2.35. The molecule has 2 aromatic heterocycles. The Bertz CT molecular complexity index is 5430. The lowest BCUT2D eigenvalue weighted by molar-refractivity contribution is 0.670. The van der Waals surface area contributed by atoms with Gasteiger partial charge in [0.15, 0.2) is 0 Å². The lowest BCUT2D eigenvalue weighted by atomic mass is 9.92. The molecule has 0 aliphatic carbocycles. The number of para-hydroxylation sites is 2. The molecule has 17 aromatic rings. The average molecular weight is 1110 g/mol. The first-order chi connectivity index (χ1) is 43.1. The Morgan fingerprint density at radius 2 is 0.575 bits per heavy atom. The number of hydrogen-bond donors (Lipinski definition) is 0. The van der Waals surface area contributed by atoms with Crippen molar-refractivity contribution in [3.05, 3.63) is 328 Å². The predicted molar refractivity (Wildman–Crippen MR) is 368 cm³/mol. The van der Waals surface area contributed by atoms with Gasteiger partial charge < -0.3 is 13.9 Å².